The predicted octanol–water partition coefficient (Wildman–Crippen LogP) is 3.94. The highest BCUT2D eigenvalue weighted by Crippen LogP contribution is 2.22. The molecule has 4 heteroatoms. The van der Waals surface area contributed by atoms with Crippen LogP contribution in [0.5, 0.6) is 5.75 Å². The summed E-state index contributed by atoms with van der Waals surface area (Å²) in [5.41, 5.74) is 7.20. The maximum absolute atomic E-state index is 12.4. The minimum atomic E-state index is -0.152. The number of hydrogen-bond acceptors (Lipinski definition) is 3. The molecule has 0 heterocycles. The van der Waals surface area contributed by atoms with E-state index in [0.717, 1.165) is 5.75 Å². The highest BCUT2D eigenvalue weighted by atomic mass is 35.5. The smallest absolute Gasteiger partial charge is 0.195 e. The van der Waals surface area contributed by atoms with Gasteiger partial charge in [0, 0.05) is 21.8 Å². The molecule has 0 radical (unpaired) electrons. The summed E-state index contributed by atoms with van der Waals surface area (Å²) in [6.45, 7) is 3.90. The Bertz CT molecular complexity index is 621. The Morgan fingerprint density at radius 2 is 1.80 bits per heavy atom. The zero-order valence-corrected chi connectivity index (χ0v) is 12.1. The van der Waals surface area contributed by atoms with E-state index < -0.39 is 0 Å². The molecule has 2 rings (SSSR count). The number of carbonyl (C=O) groups excluding carboxylic acids is 1. The first-order valence-electron chi connectivity index (χ1n) is 6.34. The van der Waals surface area contributed by atoms with Gasteiger partial charge < -0.3 is 10.5 Å². The summed E-state index contributed by atoms with van der Waals surface area (Å²) in [5.74, 6) is 0.580. The van der Waals surface area contributed by atoms with Gasteiger partial charge in [0.1, 0.15) is 5.75 Å². The molecule has 0 aromatic heterocycles. The van der Waals surface area contributed by atoms with E-state index in [0.29, 0.717) is 21.8 Å². The number of rotatable bonds is 4. The van der Waals surface area contributed by atoms with Crippen molar-refractivity contribution in [2.75, 3.05) is 5.73 Å². The van der Waals surface area contributed by atoms with Crippen molar-refractivity contribution < 1.29 is 9.53 Å². The average molecular weight is 290 g/mol. The summed E-state index contributed by atoms with van der Waals surface area (Å²) in [6, 6.07) is 11.9. The van der Waals surface area contributed by atoms with Gasteiger partial charge in [-0.15, -0.1) is 0 Å². The van der Waals surface area contributed by atoms with Crippen LogP contribution in [0, 0.1) is 0 Å². The number of nitrogens with two attached hydrogens (primary N) is 1. The molecule has 0 unspecified atom stereocenters. The fourth-order valence-corrected chi connectivity index (χ4v) is 2.01. The standard InChI is InChI=1S/C16H16ClNO2/c1-10(2)20-13-6-3-11(4-7-13)16(19)14-9-12(17)5-8-15(14)18/h3-10H,18H2,1-2H3. The first-order chi connectivity index (χ1) is 9.47. The van der Waals surface area contributed by atoms with Crippen LogP contribution in [0.1, 0.15) is 29.8 Å². The van der Waals surface area contributed by atoms with E-state index in [4.69, 9.17) is 22.1 Å². The topological polar surface area (TPSA) is 52.3 Å². The molecular formula is C16H16ClNO2. The molecule has 0 saturated heterocycles. The number of ketones is 1. The summed E-state index contributed by atoms with van der Waals surface area (Å²) in [7, 11) is 0. The summed E-state index contributed by atoms with van der Waals surface area (Å²) in [6.07, 6.45) is 0.0973. The van der Waals surface area contributed by atoms with E-state index in [-0.39, 0.29) is 11.9 Å². The molecule has 0 spiro atoms. The second-order valence-corrected chi connectivity index (χ2v) is 5.19. The Morgan fingerprint density at radius 3 is 2.40 bits per heavy atom. The van der Waals surface area contributed by atoms with Gasteiger partial charge in [0.05, 0.1) is 6.10 Å². The number of anilines is 1. The fraction of sp³-hybridized carbons (Fsp3) is 0.188. The van der Waals surface area contributed by atoms with Crippen LogP contribution >= 0.6 is 11.6 Å². The van der Waals surface area contributed by atoms with Crippen molar-refractivity contribution in [1.29, 1.82) is 0 Å². The van der Waals surface area contributed by atoms with Gasteiger partial charge in [-0.05, 0) is 56.3 Å². The van der Waals surface area contributed by atoms with Crippen LogP contribution in [-0.2, 0) is 0 Å². The molecule has 0 aliphatic heterocycles. The molecule has 0 aliphatic carbocycles. The number of nitrogen functional groups attached to an aromatic ring is 1. The molecule has 20 heavy (non-hydrogen) atoms. The number of halogens is 1. The Balaban J connectivity index is 2.27. The molecule has 0 fully saturated rings. The van der Waals surface area contributed by atoms with Crippen LogP contribution in [0.3, 0.4) is 0 Å². The Labute approximate surface area is 123 Å². The summed E-state index contributed by atoms with van der Waals surface area (Å²) < 4.78 is 5.54. The fourth-order valence-electron chi connectivity index (χ4n) is 1.84. The van der Waals surface area contributed by atoms with Crippen molar-refractivity contribution in [3.63, 3.8) is 0 Å². The lowest BCUT2D eigenvalue weighted by atomic mass is 10.0. The summed E-state index contributed by atoms with van der Waals surface area (Å²) in [5, 5.41) is 0.488. The monoisotopic (exact) mass is 289 g/mol. The van der Waals surface area contributed by atoms with Crippen molar-refractivity contribution >= 4 is 23.1 Å². The van der Waals surface area contributed by atoms with Gasteiger partial charge in [0.2, 0.25) is 0 Å². The number of carbonyl (C=O) groups is 1. The van der Waals surface area contributed by atoms with Crippen LogP contribution in [0.2, 0.25) is 5.02 Å². The van der Waals surface area contributed by atoms with E-state index in [9.17, 15) is 4.79 Å². The molecule has 0 atom stereocenters. The molecular weight excluding hydrogens is 274 g/mol. The normalized spacial score (nSPS) is 10.6. The lowest BCUT2D eigenvalue weighted by Crippen LogP contribution is -2.07. The molecule has 2 aromatic carbocycles. The molecule has 0 saturated carbocycles. The second-order valence-electron chi connectivity index (χ2n) is 4.75. The zero-order chi connectivity index (χ0) is 14.7. The van der Waals surface area contributed by atoms with Crippen LogP contribution in [0.15, 0.2) is 42.5 Å². The predicted molar refractivity (Wildman–Crippen MR) is 81.5 cm³/mol. The number of ether oxygens (including phenoxy) is 1. The van der Waals surface area contributed by atoms with Crippen LogP contribution in [0.25, 0.3) is 0 Å². The number of benzene rings is 2. The van der Waals surface area contributed by atoms with E-state index in [1.165, 1.54) is 0 Å². The van der Waals surface area contributed by atoms with Gasteiger partial charge in [-0.1, -0.05) is 11.6 Å². The highest BCUT2D eigenvalue weighted by molar-refractivity contribution is 6.31. The molecule has 3 nitrogen and oxygen atoms in total. The highest BCUT2D eigenvalue weighted by Gasteiger charge is 2.13. The molecule has 0 amide bonds. The quantitative estimate of drug-likeness (QED) is 0.685. The van der Waals surface area contributed by atoms with E-state index >= 15 is 0 Å². The maximum Gasteiger partial charge on any atom is 0.195 e. The lowest BCUT2D eigenvalue weighted by Gasteiger charge is -2.10. The van der Waals surface area contributed by atoms with Gasteiger partial charge in [0.25, 0.3) is 0 Å². The molecule has 104 valence electrons. The molecule has 0 bridgehead atoms. The SMILES string of the molecule is CC(C)Oc1ccc(C(=O)c2cc(Cl)ccc2N)cc1. The van der Waals surface area contributed by atoms with Crippen molar-refractivity contribution in [2.24, 2.45) is 0 Å². The first-order valence-corrected chi connectivity index (χ1v) is 6.71. The van der Waals surface area contributed by atoms with Crippen LogP contribution in [-0.4, -0.2) is 11.9 Å². The van der Waals surface area contributed by atoms with Gasteiger partial charge in [-0.3, -0.25) is 4.79 Å². The second kappa shape index (κ2) is 5.97. The minimum absolute atomic E-state index is 0.0973. The largest absolute Gasteiger partial charge is 0.491 e. The lowest BCUT2D eigenvalue weighted by molar-refractivity contribution is 0.103. The van der Waals surface area contributed by atoms with E-state index in [1.54, 1.807) is 42.5 Å². The third-order valence-electron chi connectivity index (χ3n) is 2.75. The number of hydrogen-bond donors (Lipinski definition) is 1. The Hall–Kier alpha value is -2.00. The summed E-state index contributed by atoms with van der Waals surface area (Å²) >= 11 is 5.90. The third kappa shape index (κ3) is 3.31. The molecule has 0 aliphatic rings. The Kier molecular flexibility index (Phi) is 4.30. The third-order valence-corrected chi connectivity index (χ3v) is 2.98. The van der Waals surface area contributed by atoms with E-state index in [1.807, 2.05) is 13.8 Å². The minimum Gasteiger partial charge on any atom is -0.491 e. The average Bonchev–Trinajstić information content (AvgIpc) is 2.41. The van der Waals surface area contributed by atoms with Crippen molar-refractivity contribution in [3.05, 3.63) is 58.6 Å². The van der Waals surface area contributed by atoms with Crippen LogP contribution in [0.4, 0.5) is 5.69 Å². The van der Waals surface area contributed by atoms with Gasteiger partial charge >= 0.3 is 0 Å². The van der Waals surface area contributed by atoms with Gasteiger partial charge in [0.15, 0.2) is 5.78 Å². The first kappa shape index (κ1) is 14.4. The summed E-state index contributed by atoms with van der Waals surface area (Å²) in [4.78, 5) is 12.4. The Morgan fingerprint density at radius 1 is 1.15 bits per heavy atom. The van der Waals surface area contributed by atoms with Crippen molar-refractivity contribution in [2.45, 2.75) is 20.0 Å². The van der Waals surface area contributed by atoms with Crippen LogP contribution < -0.4 is 10.5 Å². The van der Waals surface area contributed by atoms with Gasteiger partial charge in [-0.25, -0.2) is 0 Å². The zero-order valence-electron chi connectivity index (χ0n) is 11.4. The maximum atomic E-state index is 12.4. The molecule has 2 aromatic rings. The van der Waals surface area contributed by atoms with E-state index in [2.05, 4.69) is 0 Å². The van der Waals surface area contributed by atoms with Crippen molar-refractivity contribution in [3.8, 4) is 5.75 Å². The molecule has 2 N–H and O–H groups in total. The van der Waals surface area contributed by atoms with Gasteiger partial charge in [-0.2, -0.15) is 0 Å². The van der Waals surface area contributed by atoms with Crippen molar-refractivity contribution in [1.82, 2.24) is 0 Å².